The van der Waals surface area contributed by atoms with Crippen LogP contribution in [-0.4, -0.2) is 32.0 Å². The molecule has 5 nitrogen and oxygen atoms in total. The van der Waals surface area contributed by atoms with E-state index in [9.17, 15) is 4.79 Å². The molecule has 116 valence electrons. The third-order valence-corrected chi connectivity index (χ3v) is 3.12. The van der Waals surface area contributed by atoms with Crippen molar-refractivity contribution in [2.75, 3.05) is 20.1 Å². The summed E-state index contributed by atoms with van der Waals surface area (Å²) < 4.78 is 0. The first-order valence-electron chi connectivity index (χ1n) is 7.37. The number of benzene rings is 1. The minimum Gasteiger partial charge on any atom is -0.370 e. The van der Waals surface area contributed by atoms with E-state index < -0.39 is 0 Å². The minimum absolute atomic E-state index is 0.0698. The van der Waals surface area contributed by atoms with Gasteiger partial charge in [0, 0.05) is 25.7 Å². The second kappa shape index (κ2) is 9.00. The third-order valence-electron chi connectivity index (χ3n) is 3.12. The summed E-state index contributed by atoms with van der Waals surface area (Å²) in [7, 11) is 1.63. The zero-order valence-corrected chi connectivity index (χ0v) is 13.1. The summed E-state index contributed by atoms with van der Waals surface area (Å²) >= 11 is 0. The number of rotatable bonds is 7. The van der Waals surface area contributed by atoms with Crippen LogP contribution in [0.3, 0.4) is 0 Å². The van der Waals surface area contributed by atoms with E-state index in [4.69, 9.17) is 5.73 Å². The number of carbonyl (C=O) groups excluding carboxylic acids is 1. The Balaban J connectivity index is 2.40. The summed E-state index contributed by atoms with van der Waals surface area (Å²) in [6.07, 6.45) is 1.84. The number of hydrogen-bond acceptors (Lipinski definition) is 2. The summed E-state index contributed by atoms with van der Waals surface area (Å²) in [4.78, 5) is 15.8. The molecule has 0 spiro atoms. The lowest BCUT2D eigenvalue weighted by atomic mass is 10.1. The van der Waals surface area contributed by atoms with E-state index in [0.717, 1.165) is 24.9 Å². The molecule has 0 aliphatic heterocycles. The molecule has 0 saturated heterocycles. The summed E-state index contributed by atoms with van der Waals surface area (Å²) in [5.74, 6) is 1.05. The molecule has 0 unspecified atom stereocenters. The van der Waals surface area contributed by atoms with Crippen molar-refractivity contribution < 1.29 is 4.79 Å². The van der Waals surface area contributed by atoms with E-state index in [1.54, 1.807) is 13.1 Å². The van der Waals surface area contributed by atoms with Gasteiger partial charge in [-0.3, -0.25) is 9.79 Å². The van der Waals surface area contributed by atoms with Crippen molar-refractivity contribution in [3.63, 3.8) is 0 Å². The number of amides is 1. The SMILES string of the molecule is CNC(=O)c1cccc(CCNC(N)=NCCC(C)C)c1. The predicted molar refractivity (Wildman–Crippen MR) is 87.5 cm³/mol. The van der Waals surface area contributed by atoms with Gasteiger partial charge in [-0.2, -0.15) is 0 Å². The van der Waals surface area contributed by atoms with Gasteiger partial charge in [0.2, 0.25) is 0 Å². The van der Waals surface area contributed by atoms with E-state index in [-0.39, 0.29) is 5.91 Å². The van der Waals surface area contributed by atoms with Crippen LogP contribution in [0.5, 0.6) is 0 Å². The standard InChI is InChI=1S/C16H26N4O/c1-12(2)7-9-19-16(17)20-10-8-13-5-4-6-14(11-13)15(21)18-3/h4-6,11-12H,7-10H2,1-3H3,(H,18,21)(H3,17,19,20). The molecular formula is C16H26N4O. The molecule has 0 atom stereocenters. The van der Waals surface area contributed by atoms with Crippen LogP contribution in [-0.2, 0) is 6.42 Å². The molecule has 21 heavy (non-hydrogen) atoms. The molecule has 1 rings (SSSR count). The highest BCUT2D eigenvalue weighted by Gasteiger charge is 2.03. The Kier molecular flexibility index (Phi) is 7.29. The fourth-order valence-electron chi connectivity index (χ4n) is 1.85. The average molecular weight is 290 g/mol. The van der Waals surface area contributed by atoms with Crippen molar-refractivity contribution >= 4 is 11.9 Å². The lowest BCUT2D eigenvalue weighted by Gasteiger charge is -2.07. The largest absolute Gasteiger partial charge is 0.370 e. The number of nitrogens with zero attached hydrogens (tertiary/aromatic N) is 1. The molecule has 0 aliphatic rings. The Bertz CT molecular complexity index is 483. The van der Waals surface area contributed by atoms with Gasteiger partial charge in [0.25, 0.3) is 5.91 Å². The van der Waals surface area contributed by atoms with Crippen LogP contribution >= 0.6 is 0 Å². The van der Waals surface area contributed by atoms with Crippen LogP contribution in [0, 0.1) is 5.92 Å². The van der Waals surface area contributed by atoms with Crippen molar-refractivity contribution in [3.05, 3.63) is 35.4 Å². The number of hydrogen-bond donors (Lipinski definition) is 3. The Morgan fingerprint density at radius 1 is 1.38 bits per heavy atom. The first-order valence-corrected chi connectivity index (χ1v) is 7.37. The van der Waals surface area contributed by atoms with Gasteiger partial charge in [-0.15, -0.1) is 0 Å². The Labute approximate surface area is 127 Å². The normalized spacial score (nSPS) is 11.5. The number of carbonyl (C=O) groups is 1. The second-order valence-corrected chi connectivity index (χ2v) is 5.41. The highest BCUT2D eigenvalue weighted by molar-refractivity contribution is 5.94. The van der Waals surface area contributed by atoms with Gasteiger partial charge in [-0.05, 0) is 36.5 Å². The van der Waals surface area contributed by atoms with E-state index in [2.05, 4.69) is 29.5 Å². The maximum Gasteiger partial charge on any atom is 0.251 e. The molecule has 4 N–H and O–H groups in total. The highest BCUT2D eigenvalue weighted by Crippen LogP contribution is 2.05. The van der Waals surface area contributed by atoms with Gasteiger partial charge in [0.05, 0.1) is 0 Å². The molecule has 1 aromatic carbocycles. The van der Waals surface area contributed by atoms with Crippen LogP contribution in [0.1, 0.15) is 36.2 Å². The molecule has 5 heteroatoms. The molecule has 1 amide bonds. The van der Waals surface area contributed by atoms with Gasteiger partial charge in [0.1, 0.15) is 0 Å². The highest BCUT2D eigenvalue weighted by atomic mass is 16.1. The summed E-state index contributed by atoms with van der Waals surface area (Å²) in [5.41, 5.74) is 7.57. The van der Waals surface area contributed by atoms with E-state index >= 15 is 0 Å². The third kappa shape index (κ3) is 6.79. The molecule has 0 radical (unpaired) electrons. The molecule has 0 fully saturated rings. The summed E-state index contributed by atoms with van der Waals surface area (Å²) in [6.45, 7) is 5.79. The quantitative estimate of drug-likeness (QED) is 0.526. The maximum atomic E-state index is 11.6. The average Bonchev–Trinajstić information content (AvgIpc) is 2.46. The van der Waals surface area contributed by atoms with Crippen LogP contribution < -0.4 is 16.4 Å². The lowest BCUT2D eigenvalue weighted by molar-refractivity contribution is 0.0963. The first-order chi connectivity index (χ1) is 10.0. The molecule has 0 saturated carbocycles. The predicted octanol–water partition coefficient (Wildman–Crippen LogP) is 1.54. The van der Waals surface area contributed by atoms with Crippen LogP contribution in [0.4, 0.5) is 0 Å². The minimum atomic E-state index is -0.0698. The zero-order valence-electron chi connectivity index (χ0n) is 13.1. The van der Waals surface area contributed by atoms with Gasteiger partial charge < -0.3 is 16.4 Å². The first kappa shape index (κ1) is 17.0. The summed E-state index contributed by atoms with van der Waals surface area (Å²) in [5, 5.41) is 5.72. The fraction of sp³-hybridized carbons (Fsp3) is 0.500. The lowest BCUT2D eigenvalue weighted by Crippen LogP contribution is -2.33. The second-order valence-electron chi connectivity index (χ2n) is 5.41. The van der Waals surface area contributed by atoms with Crippen LogP contribution in [0.25, 0.3) is 0 Å². The van der Waals surface area contributed by atoms with Crippen molar-refractivity contribution in [2.24, 2.45) is 16.6 Å². The van der Waals surface area contributed by atoms with Crippen LogP contribution in [0.2, 0.25) is 0 Å². The molecule has 1 aromatic rings. The van der Waals surface area contributed by atoms with Crippen molar-refractivity contribution in [3.8, 4) is 0 Å². The Morgan fingerprint density at radius 2 is 2.14 bits per heavy atom. The monoisotopic (exact) mass is 290 g/mol. The molecular weight excluding hydrogens is 264 g/mol. The Hall–Kier alpha value is -2.04. The molecule has 0 aliphatic carbocycles. The zero-order chi connectivity index (χ0) is 15.7. The molecule has 0 bridgehead atoms. The van der Waals surface area contributed by atoms with Gasteiger partial charge in [0.15, 0.2) is 5.96 Å². The topological polar surface area (TPSA) is 79.5 Å². The maximum absolute atomic E-state index is 11.6. The van der Waals surface area contributed by atoms with E-state index in [1.165, 1.54) is 0 Å². The molecule has 0 heterocycles. The van der Waals surface area contributed by atoms with Crippen molar-refractivity contribution in [2.45, 2.75) is 26.7 Å². The van der Waals surface area contributed by atoms with Gasteiger partial charge >= 0.3 is 0 Å². The van der Waals surface area contributed by atoms with Crippen molar-refractivity contribution in [1.82, 2.24) is 10.6 Å². The van der Waals surface area contributed by atoms with E-state index in [1.807, 2.05) is 18.2 Å². The number of guanidine groups is 1. The Morgan fingerprint density at radius 3 is 2.81 bits per heavy atom. The van der Waals surface area contributed by atoms with Gasteiger partial charge in [-0.25, -0.2) is 0 Å². The fourth-order valence-corrected chi connectivity index (χ4v) is 1.85. The van der Waals surface area contributed by atoms with Crippen LogP contribution in [0.15, 0.2) is 29.3 Å². The van der Waals surface area contributed by atoms with E-state index in [0.29, 0.717) is 24.0 Å². The van der Waals surface area contributed by atoms with Gasteiger partial charge in [-0.1, -0.05) is 26.0 Å². The number of nitrogens with two attached hydrogens (primary N) is 1. The number of aliphatic imine (C=N–C) groups is 1. The summed E-state index contributed by atoms with van der Waals surface area (Å²) in [6, 6.07) is 7.59. The number of nitrogens with one attached hydrogen (secondary N) is 2. The smallest absolute Gasteiger partial charge is 0.251 e. The van der Waals surface area contributed by atoms with Crippen molar-refractivity contribution in [1.29, 1.82) is 0 Å². The molecule has 0 aromatic heterocycles.